The highest BCUT2D eigenvalue weighted by Gasteiger charge is 2.50. The third-order valence-corrected chi connectivity index (χ3v) is 5.11. The minimum Gasteiger partial charge on any atom is -0.322 e. The second kappa shape index (κ2) is 7.22. The molecule has 8 heteroatoms. The maximum Gasteiger partial charge on any atom is 0.325 e. The molecule has 0 aliphatic carbocycles. The summed E-state index contributed by atoms with van der Waals surface area (Å²) in [5.74, 6) is -3.00. The number of fused-ring (bicyclic) bond motifs is 1. The van der Waals surface area contributed by atoms with Crippen LogP contribution in [-0.4, -0.2) is 29.3 Å². The monoisotopic (exact) mass is 409 g/mol. The van der Waals surface area contributed by atoms with Gasteiger partial charge in [-0.2, -0.15) is 0 Å². The Kier molecular flexibility index (Phi) is 4.69. The van der Waals surface area contributed by atoms with Crippen LogP contribution in [0.25, 0.3) is 10.8 Å². The van der Waals surface area contributed by atoms with Crippen molar-refractivity contribution in [1.29, 1.82) is 0 Å². The number of nitrogens with zero attached hydrogens (tertiary/aromatic N) is 1. The van der Waals surface area contributed by atoms with E-state index in [0.717, 1.165) is 33.9 Å². The second-order valence-electron chi connectivity index (χ2n) is 7.15. The van der Waals surface area contributed by atoms with E-state index in [1.54, 1.807) is 19.1 Å². The van der Waals surface area contributed by atoms with Gasteiger partial charge in [0.1, 0.15) is 23.7 Å². The van der Waals surface area contributed by atoms with Crippen LogP contribution in [-0.2, 0) is 15.1 Å². The van der Waals surface area contributed by atoms with Crippen molar-refractivity contribution >= 4 is 34.3 Å². The third-order valence-electron chi connectivity index (χ3n) is 5.11. The first-order chi connectivity index (χ1) is 14.3. The molecule has 0 spiro atoms. The zero-order valence-corrected chi connectivity index (χ0v) is 15.9. The predicted molar refractivity (Wildman–Crippen MR) is 107 cm³/mol. The first-order valence-electron chi connectivity index (χ1n) is 9.17. The Balaban J connectivity index is 1.59. The first kappa shape index (κ1) is 19.5. The normalized spacial score (nSPS) is 18.6. The van der Waals surface area contributed by atoms with Gasteiger partial charge in [-0.1, -0.05) is 42.5 Å². The van der Waals surface area contributed by atoms with Crippen LogP contribution in [0, 0.1) is 11.6 Å². The lowest BCUT2D eigenvalue weighted by Gasteiger charge is -2.24. The lowest BCUT2D eigenvalue weighted by Crippen LogP contribution is -2.42. The largest absolute Gasteiger partial charge is 0.325 e. The van der Waals surface area contributed by atoms with Crippen molar-refractivity contribution < 1.29 is 23.2 Å². The number of halogens is 2. The number of rotatable bonds is 4. The summed E-state index contributed by atoms with van der Waals surface area (Å²) < 4.78 is 27.0. The number of carbonyl (C=O) groups excluding carboxylic acids is 3. The minimum absolute atomic E-state index is 0.371. The van der Waals surface area contributed by atoms with Crippen LogP contribution in [0.1, 0.15) is 12.5 Å². The van der Waals surface area contributed by atoms with Gasteiger partial charge < -0.3 is 10.6 Å². The fraction of sp³-hybridized carbons (Fsp3) is 0.136. The van der Waals surface area contributed by atoms with E-state index in [9.17, 15) is 23.2 Å². The molecule has 6 nitrogen and oxygen atoms in total. The lowest BCUT2D eigenvalue weighted by molar-refractivity contribution is -0.133. The van der Waals surface area contributed by atoms with Gasteiger partial charge >= 0.3 is 6.03 Å². The van der Waals surface area contributed by atoms with Crippen LogP contribution in [0.15, 0.2) is 60.7 Å². The SMILES string of the molecule is C[C@@]1(c2cccc3ccccc23)NC(=O)N(CC(=O)Nc2cc(F)ccc2F)C1=O. The molecule has 1 saturated heterocycles. The van der Waals surface area contributed by atoms with E-state index in [1.165, 1.54) is 0 Å². The number of nitrogens with one attached hydrogen (secondary N) is 2. The highest BCUT2D eigenvalue weighted by molar-refractivity contribution is 6.11. The Morgan fingerprint density at radius 1 is 1.07 bits per heavy atom. The molecular weight excluding hydrogens is 392 g/mol. The summed E-state index contributed by atoms with van der Waals surface area (Å²) in [6, 6.07) is 14.7. The van der Waals surface area contributed by atoms with Gasteiger partial charge in [-0.25, -0.2) is 13.6 Å². The summed E-state index contributed by atoms with van der Waals surface area (Å²) >= 11 is 0. The summed E-state index contributed by atoms with van der Waals surface area (Å²) in [4.78, 5) is 38.7. The molecule has 1 fully saturated rings. The number of hydrogen-bond acceptors (Lipinski definition) is 3. The topological polar surface area (TPSA) is 78.5 Å². The van der Waals surface area contributed by atoms with Crippen LogP contribution >= 0.6 is 0 Å². The summed E-state index contributed by atoms with van der Waals surface area (Å²) in [5, 5.41) is 6.53. The Hall–Kier alpha value is -3.81. The number of carbonyl (C=O) groups is 3. The molecule has 2 N–H and O–H groups in total. The molecule has 4 amide bonds. The Bertz CT molecular complexity index is 1190. The molecule has 30 heavy (non-hydrogen) atoms. The van der Waals surface area contributed by atoms with Crippen molar-refractivity contribution in [3.8, 4) is 0 Å². The smallest absolute Gasteiger partial charge is 0.322 e. The summed E-state index contributed by atoms with van der Waals surface area (Å²) in [5.41, 5.74) is -1.15. The highest BCUT2D eigenvalue weighted by atomic mass is 19.1. The number of anilines is 1. The minimum atomic E-state index is -1.37. The van der Waals surface area contributed by atoms with E-state index in [0.29, 0.717) is 5.56 Å². The van der Waals surface area contributed by atoms with Gasteiger partial charge in [0.2, 0.25) is 5.91 Å². The van der Waals surface area contributed by atoms with Crippen LogP contribution < -0.4 is 10.6 Å². The molecule has 4 rings (SSSR count). The zero-order valence-electron chi connectivity index (χ0n) is 15.9. The van der Waals surface area contributed by atoms with E-state index < -0.39 is 41.6 Å². The van der Waals surface area contributed by atoms with Gasteiger partial charge in [0, 0.05) is 6.07 Å². The Morgan fingerprint density at radius 3 is 2.60 bits per heavy atom. The Labute approximate surface area is 170 Å². The van der Waals surface area contributed by atoms with E-state index in [1.807, 2.05) is 30.3 Å². The highest BCUT2D eigenvalue weighted by Crippen LogP contribution is 2.33. The number of urea groups is 1. The molecule has 0 unspecified atom stereocenters. The van der Waals surface area contributed by atoms with Crippen molar-refractivity contribution in [2.45, 2.75) is 12.5 Å². The van der Waals surface area contributed by atoms with E-state index >= 15 is 0 Å². The van der Waals surface area contributed by atoms with E-state index in [2.05, 4.69) is 10.6 Å². The molecule has 0 saturated carbocycles. The molecule has 152 valence electrons. The van der Waals surface area contributed by atoms with Crippen LogP contribution in [0.5, 0.6) is 0 Å². The van der Waals surface area contributed by atoms with Gasteiger partial charge in [-0.15, -0.1) is 0 Å². The average molecular weight is 409 g/mol. The van der Waals surface area contributed by atoms with Crippen molar-refractivity contribution in [3.63, 3.8) is 0 Å². The molecule has 3 aromatic carbocycles. The maximum absolute atomic E-state index is 13.7. The summed E-state index contributed by atoms with van der Waals surface area (Å²) in [7, 11) is 0. The lowest BCUT2D eigenvalue weighted by atomic mass is 9.88. The summed E-state index contributed by atoms with van der Waals surface area (Å²) in [6.07, 6.45) is 0. The average Bonchev–Trinajstić information content (AvgIpc) is 2.94. The summed E-state index contributed by atoms with van der Waals surface area (Å²) in [6.45, 7) is 0.931. The maximum atomic E-state index is 13.7. The second-order valence-corrected chi connectivity index (χ2v) is 7.15. The van der Waals surface area contributed by atoms with Crippen LogP contribution in [0.4, 0.5) is 19.3 Å². The van der Waals surface area contributed by atoms with Crippen LogP contribution in [0.3, 0.4) is 0 Å². The standard InChI is InChI=1S/C22H17F2N3O3/c1-22(16-8-4-6-13-5-2-3-7-15(13)16)20(29)27(21(30)26-22)12-19(28)25-18-11-14(23)9-10-17(18)24/h2-11H,12H2,1H3,(H,25,28)(H,26,30)/t22-/m0/s1. The molecule has 1 heterocycles. The molecule has 0 aromatic heterocycles. The number of benzene rings is 3. The molecule has 1 atom stereocenters. The molecule has 1 aliphatic heterocycles. The van der Waals surface area contributed by atoms with Crippen molar-refractivity contribution in [3.05, 3.63) is 77.9 Å². The van der Waals surface area contributed by atoms with E-state index in [4.69, 9.17) is 0 Å². The molecule has 0 radical (unpaired) electrons. The number of hydrogen-bond donors (Lipinski definition) is 2. The number of amides is 4. The van der Waals surface area contributed by atoms with Gasteiger partial charge in [-0.05, 0) is 35.4 Å². The molecule has 1 aliphatic rings. The zero-order chi connectivity index (χ0) is 21.5. The van der Waals surface area contributed by atoms with Gasteiger partial charge in [-0.3, -0.25) is 14.5 Å². The van der Waals surface area contributed by atoms with Gasteiger partial charge in [0.15, 0.2) is 0 Å². The van der Waals surface area contributed by atoms with Crippen molar-refractivity contribution in [2.75, 3.05) is 11.9 Å². The van der Waals surface area contributed by atoms with E-state index in [-0.39, 0.29) is 5.69 Å². The Morgan fingerprint density at radius 2 is 1.80 bits per heavy atom. The van der Waals surface area contributed by atoms with Crippen LogP contribution in [0.2, 0.25) is 0 Å². The molecule has 0 bridgehead atoms. The molecule has 3 aromatic rings. The fourth-order valence-corrected chi connectivity index (χ4v) is 3.61. The third kappa shape index (κ3) is 3.26. The fourth-order valence-electron chi connectivity index (χ4n) is 3.61. The van der Waals surface area contributed by atoms with Crippen molar-refractivity contribution in [2.24, 2.45) is 0 Å². The quantitative estimate of drug-likeness (QED) is 0.647. The predicted octanol–water partition coefficient (Wildman–Crippen LogP) is 3.52. The van der Waals surface area contributed by atoms with Gasteiger partial charge in [0.05, 0.1) is 5.69 Å². The van der Waals surface area contributed by atoms with Crippen molar-refractivity contribution in [1.82, 2.24) is 10.2 Å². The molecular formula is C22H17F2N3O3. The number of imide groups is 1. The first-order valence-corrected chi connectivity index (χ1v) is 9.17. The van der Waals surface area contributed by atoms with Gasteiger partial charge in [0.25, 0.3) is 5.91 Å².